The van der Waals surface area contributed by atoms with E-state index in [0.717, 1.165) is 25.3 Å². The summed E-state index contributed by atoms with van der Waals surface area (Å²) in [7, 11) is 2.15. The number of benzene rings is 1. The molecule has 0 atom stereocenters. The Hall–Kier alpha value is -1.42. The minimum atomic E-state index is 0.492. The lowest BCUT2D eigenvalue weighted by molar-refractivity contribution is 0.548. The molecule has 0 spiro atoms. The number of nitrogens with zero attached hydrogens (tertiary/aromatic N) is 3. The number of para-hydroxylation sites is 1. The molecule has 2 aromatic rings. The standard InChI is InChI=1S/C18H25N3S/c1-14(2)21-13-17(15-7-4-5-8-16(15)21)22-12-10-19-18-9-6-11-20(18)3/h4-5,7-8,13-14H,6,9-12H2,1-3H3/b19-18+. The molecule has 2 heterocycles. The minimum absolute atomic E-state index is 0.492. The van der Waals surface area contributed by atoms with E-state index in [9.17, 15) is 0 Å². The van der Waals surface area contributed by atoms with Gasteiger partial charge in [0, 0.05) is 53.8 Å². The van der Waals surface area contributed by atoms with E-state index in [2.05, 4.69) is 60.8 Å². The molecule has 1 fully saturated rings. The Kier molecular flexibility index (Phi) is 4.77. The maximum Gasteiger partial charge on any atom is 0.0987 e. The molecule has 3 nitrogen and oxygen atoms in total. The van der Waals surface area contributed by atoms with Gasteiger partial charge < -0.3 is 9.47 Å². The monoisotopic (exact) mass is 315 g/mol. The number of amidine groups is 1. The Morgan fingerprint density at radius 1 is 1.27 bits per heavy atom. The Labute approximate surface area is 137 Å². The number of rotatable bonds is 5. The molecule has 1 aromatic carbocycles. The van der Waals surface area contributed by atoms with Crippen molar-refractivity contribution in [2.75, 3.05) is 25.9 Å². The zero-order valence-electron chi connectivity index (χ0n) is 13.7. The smallest absolute Gasteiger partial charge is 0.0987 e. The molecule has 0 saturated carbocycles. The average Bonchev–Trinajstić information content (AvgIpc) is 3.08. The predicted molar refractivity (Wildman–Crippen MR) is 97.2 cm³/mol. The predicted octanol–water partition coefficient (Wildman–Crippen LogP) is 4.44. The van der Waals surface area contributed by atoms with Gasteiger partial charge in [0.15, 0.2) is 0 Å². The molecular weight excluding hydrogens is 290 g/mol. The number of aromatic nitrogens is 1. The van der Waals surface area contributed by atoms with Crippen molar-refractivity contribution in [1.29, 1.82) is 0 Å². The van der Waals surface area contributed by atoms with Crippen LogP contribution in [0.3, 0.4) is 0 Å². The van der Waals surface area contributed by atoms with E-state index in [-0.39, 0.29) is 0 Å². The highest BCUT2D eigenvalue weighted by molar-refractivity contribution is 7.99. The van der Waals surface area contributed by atoms with Crippen LogP contribution in [0.4, 0.5) is 0 Å². The summed E-state index contributed by atoms with van der Waals surface area (Å²) < 4.78 is 2.37. The molecule has 118 valence electrons. The summed E-state index contributed by atoms with van der Waals surface area (Å²) in [5.74, 6) is 2.33. The molecule has 0 bridgehead atoms. The molecule has 1 aromatic heterocycles. The van der Waals surface area contributed by atoms with Crippen molar-refractivity contribution in [3.8, 4) is 0 Å². The summed E-state index contributed by atoms with van der Waals surface area (Å²) in [4.78, 5) is 8.42. The third kappa shape index (κ3) is 3.17. The number of aliphatic imine (C=N–C) groups is 1. The fraction of sp³-hybridized carbons (Fsp3) is 0.500. The van der Waals surface area contributed by atoms with Crippen LogP contribution in [0.1, 0.15) is 32.7 Å². The first-order valence-corrected chi connectivity index (χ1v) is 9.12. The zero-order valence-corrected chi connectivity index (χ0v) is 14.6. The molecular formula is C18H25N3S. The first-order chi connectivity index (χ1) is 10.7. The van der Waals surface area contributed by atoms with Gasteiger partial charge in [-0.25, -0.2) is 0 Å². The van der Waals surface area contributed by atoms with Crippen molar-refractivity contribution in [2.45, 2.75) is 37.6 Å². The second-order valence-corrected chi connectivity index (χ2v) is 7.32. The van der Waals surface area contributed by atoms with Gasteiger partial charge in [0.1, 0.15) is 0 Å². The summed E-state index contributed by atoms with van der Waals surface area (Å²) in [6, 6.07) is 9.19. The summed E-state index contributed by atoms with van der Waals surface area (Å²) in [6.07, 6.45) is 4.70. The molecule has 3 rings (SSSR count). The first-order valence-electron chi connectivity index (χ1n) is 8.13. The molecule has 0 unspecified atom stereocenters. The SMILES string of the molecule is CC(C)n1cc(SCC/N=C2\CCCN2C)c2ccccc21. The van der Waals surface area contributed by atoms with Gasteiger partial charge in [-0.15, -0.1) is 11.8 Å². The van der Waals surface area contributed by atoms with E-state index in [4.69, 9.17) is 4.99 Å². The molecule has 1 aliphatic heterocycles. The van der Waals surface area contributed by atoms with Crippen LogP contribution in [0.15, 0.2) is 40.4 Å². The summed E-state index contributed by atoms with van der Waals surface area (Å²) >= 11 is 1.93. The highest BCUT2D eigenvalue weighted by Gasteiger charge is 2.13. The van der Waals surface area contributed by atoms with Crippen LogP contribution in [-0.4, -0.2) is 41.2 Å². The van der Waals surface area contributed by atoms with Gasteiger partial charge in [0.05, 0.1) is 12.4 Å². The Morgan fingerprint density at radius 3 is 2.82 bits per heavy atom. The normalized spacial score (nSPS) is 17.3. The van der Waals surface area contributed by atoms with Gasteiger partial charge in [-0.2, -0.15) is 0 Å². The molecule has 0 amide bonds. The Balaban J connectivity index is 1.69. The lowest BCUT2D eigenvalue weighted by Gasteiger charge is -2.10. The van der Waals surface area contributed by atoms with E-state index in [1.807, 2.05) is 11.8 Å². The van der Waals surface area contributed by atoms with Crippen LogP contribution in [-0.2, 0) is 0 Å². The summed E-state index contributed by atoms with van der Waals surface area (Å²) in [5, 5.41) is 1.37. The fourth-order valence-electron chi connectivity index (χ4n) is 3.04. The van der Waals surface area contributed by atoms with Gasteiger partial charge in [-0.05, 0) is 26.3 Å². The van der Waals surface area contributed by atoms with Gasteiger partial charge in [-0.1, -0.05) is 18.2 Å². The van der Waals surface area contributed by atoms with E-state index < -0.39 is 0 Å². The molecule has 0 radical (unpaired) electrons. The van der Waals surface area contributed by atoms with Crippen molar-refractivity contribution in [1.82, 2.24) is 9.47 Å². The fourth-order valence-corrected chi connectivity index (χ4v) is 3.96. The van der Waals surface area contributed by atoms with Crippen molar-refractivity contribution in [3.05, 3.63) is 30.5 Å². The number of thioether (sulfide) groups is 1. The second-order valence-electron chi connectivity index (χ2n) is 6.18. The third-order valence-electron chi connectivity index (χ3n) is 4.24. The number of likely N-dealkylation sites (tertiary alicyclic amines) is 1. The quantitative estimate of drug-likeness (QED) is 0.600. The van der Waals surface area contributed by atoms with E-state index in [1.165, 1.54) is 28.1 Å². The number of fused-ring (bicyclic) bond motifs is 1. The van der Waals surface area contributed by atoms with Crippen LogP contribution < -0.4 is 0 Å². The number of hydrogen-bond acceptors (Lipinski definition) is 2. The largest absolute Gasteiger partial charge is 0.363 e. The maximum absolute atomic E-state index is 4.76. The van der Waals surface area contributed by atoms with Gasteiger partial charge in [0.25, 0.3) is 0 Å². The molecule has 1 saturated heterocycles. The first kappa shape index (κ1) is 15.5. The average molecular weight is 315 g/mol. The van der Waals surface area contributed by atoms with Crippen LogP contribution in [0.25, 0.3) is 10.9 Å². The van der Waals surface area contributed by atoms with Crippen molar-refractivity contribution >= 4 is 28.5 Å². The van der Waals surface area contributed by atoms with E-state index in [1.54, 1.807) is 0 Å². The van der Waals surface area contributed by atoms with Crippen molar-refractivity contribution < 1.29 is 0 Å². The highest BCUT2D eigenvalue weighted by Crippen LogP contribution is 2.31. The van der Waals surface area contributed by atoms with Crippen LogP contribution >= 0.6 is 11.8 Å². The Bertz CT molecular complexity index is 672. The van der Waals surface area contributed by atoms with Crippen molar-refractivity contribution in [2.24, 2.45) is 4.99 Å². The van der Waals surface area contributed by atoms with Crippen LogP contribution in [0, 0.1) is 0 Å². The van der Waals surface area contributed by atoms with E-state index >= 15 is 0 Å². The highest BCUT2D eigenvalue weighted by atomic mass is 32.2. The molecule has 1 aliphatic rings. The van der Waals surface area contributed by atoms with Crippen LogP contribution in [0.5, 0.6) is 0 Å². The maximum atomic E-state index is 4.76. The molecule has 4 heteroatoms. The lowest BCUT2D eigenvalue weighted by atomic mass is 10.2. The second kappa shape index (κ2) is 6.78. The third-order valence-corrected chi connectivity index (χ3v) is 5.26. The zero-order chi connectivity index (χ0) is 15.5. The van der Waals surface area contributed by atoms with Gasteiger partial charge >= 0.3 is 0 Å². The molecule has 22 heavy (non-hydrogen) atoms. The lowest BCUT2D eigenvalue weighted by Crippen LogP contribution is -2.19. The number of hydrogen-bond donors (Lipinski definition) is 0. The van der Waals surface area contributed by atoms with Crippen LogP contribution in [0.2, 0.25) is 0 Å². The Morgan fingerprint density at radius 2 is 2.09 bits per heavy atom. The van der Waals surface area contributed by atoms with Gasteiger partial charge in [0.2, 0.25) is 0 Å². The molecule has 0 N–H and O–H groups in total. The van der Waals surface area contributed by atoms with E-state index in [0.29, 0.717) is 6.04 Å². The van der Waals surface area contributed by atoms with Gasteiger partial charge in [-0.3, -0.25) is 4.99 Å². The summed E-state index contributed by atoms with van der Waals surface area (Å²) in [5.41, 5.74) is 1.34. The topological polar surface area (TPSA) is 20.5 Å². The minimum Gasteiger partial charge on any atom is -0.363 e. The molecule has 0 aliphatic carbocycles. The van der Waals surface area contributed by atoms with Crippen molar-refractivity contribution in [3.63, 3.8) is 0 Å². The summed E-state index contributed by atoms with van der Waals surface area (Å²) in [6.45, 7) is 6.55.